The molecule has 1 aliphatic rings. The lowest BCUT2D eigenvalue weighted by atomic mass is 10.0. The van der Waals surface area contributed by atoms with Crippen LogP contribution in [0.2, 0.25) is 0 Å². The van der Waals surface area contributed by atoms with E-state index in [4.69, 9.17) is 11.1 Å². The van der Waals surface area contributed by atoms with Crippen LogP contribution >= 0.6 is 0 Å². The molecule has 2 amide bonds. The van der Waals surface area contributed by atoms with Crippen molar-refractivity contribution in [3.8, 4) is 0 Å². The van der Waals surface area contributed by atoms with E-state index in [1.807, 2.05) is 24.3 Å². The highest BCUT2D eigenvalue weighted by molar-refractivity contribution is 7.89. The van der Waals surface area contributed by atoms with Crippen LogP contribution in [0.15, 0.2) is 71.6 Å². The van der Waals surface area contributed by atoms with E-state index in [1.54, 1.807) is 41.3 Å². The van der Waals surface area contributed by atoms with E-state index in [0.29, 0.717) is 18.7 Å². The third-order valence-electron chi connectivity index (χ3n) is 6.95. The minimum Gasteiger partial charge on any atom is -0.384 e. The van der Waals surface area contributed by atoms with Crippen molar-refractivity contribution in [1.82, 2.24) is 14.5 Å². The molecule has 0 aromatic heterocycles. The normalized spacial score (nSPS) is 14.7. The number of fused-ring (bicyclic) bond motifs is 1. The van der Waals surface area contributed by atoms with E-state index in [9.17, 15) is 18.0 Å². The van der Waals surface area contributed by atoms with Crippen molar-refractivity contribution in [2.24, 2.45) is 5.73 Å². The number of hydrogen-bond acceptors (Lipinski definition) is 5. The van der Waals surface area contributed by atoms with Crippen LogP contribution in [0.4, 0.5) is 0 Å². The summed E-state index contributed by atoms with van der Waals surface area (Å²) in [7, 11) is -2.41. The molecule has 1 heterocycles. The second-order valence-corrected chi connectivity index (χ2v) is 11.3. The monoisotopic (exact) mass is 535 g/mol. The van der Waals surface area contributed by atoms with E-state index in [0.717, 1.165) is 35.6 Å². The summed E-state index contributed by atoms with van der Waals surface area (Å²) >= 11 is 0. The van der Waals surface area contributed by atoms with Gasteiger partial charge in [-0.2, -0.15) is 0 Å². The number of likely N-dealkylation sites (N-methyl/N-ethyl adjacent to an activating group) is 1. The highest BCUT2D eigenvalue weighted by Crippen LogP contribution is 2.19. The van der Waals surface area contributed by atoms with Gasteiger partial charge in [-0.25, -0.2) is 13.1 Å². The van der Waals surface area contributed by atoms with Crippen molar-refractivity contribution >= 4 is 38.4 Å². The fraction of sp³-hybridized carbons (Fsp3) is 0.321. The largest absolute Gasteiger partial charge is 0.384 e. The van der Waals surface area contributed by atoms with Crippen molar-refractivity contribution in [3.05, 3.63) is 77.9 Å². The number of nitrogens with zero attached hydrogens (tertiary/aromatic N) is 2. The zero-order chi connectivity index (χ0) is 27.3. The molecule has 4 rings (SSSR count). The van der Waals surface area contributed by atoms with Crippen LogP contribution in [0.1, 0.15) is 30.4 Å². The van der Waals surface area contributed by atoms with Gasteiger partial charge in [0.1, 0.15) is 11.9 Å². The summed E-state index contributed by atoms with van der Waals surface area (Å²) in [6.07, 6.45) is 3.14. The fourth-order valence-electron chi connectivity index (χ4n) is 4.63. The van der Waals surface area contributed by atoms with Crippen LogP contribution in [0.3, 0.4) is 0 Å². The number of likely N-dealkylation sites (tertiary alicyclic amines) is 1. The van der Waals surface area contributed by atoms with Gasteiger partial charge in [0.15, 0.2) is 0 Å². The molecule has 10 heteroatoms. The minimum absolute atomic E-state index is 0.0523. The van der Waals surface area contributed by atoms with Gasteiger partial charge in [-0.1, -0.05) is 54.6 Å². The van der Waals surface area contributed by atoms with Crippen LogP contribution < -0.4 is 10.5 Å². The number of rotatable bonds is 9. The summed E-state index contributed by atoms with van der Waals surface area (Å²) < 4.78 is 28.3. The van der Waals surface area contributed by atoms with Gasteiger partial charge in [-0.05, 0) is 47.7 Å². The molecule has 1 fully saturated rings. The maximum atomic E-state index is 13.5. The molecular formula is C28H33N5O4S. The number of piperidine rings is 1. The third kappa shape index (κ3) is 6.38. The van der Waals surface area contributed by atoms with Gasteiger partial charge in [-0.3, -0.25) is 15.0 Å². The van der Waals surface area contributed by atoms with E-state index >= 15 is 0 Å². The zero-order valence-corrected chi connectivity index (χ0v) is 22.2. The Balaban J connectivity index is 1.49. The lowest BCUT2D eigenvalue weighted by Crippen LogP contribution is -2.53. The topological polar surface area (TPSA) is 137 Å². The molecule has 0 aliphatic carbocycles. The standard InChI is InChI=1S/C28H33N5O4S/c1-32(26(34)19-31-38(36,37)24-14-13-21-7-3-4-8-23(21)18-24)25(28(35)33-15-5-2-6-16-33)17-20-9-11-22(12-10-20)27(29)30/h3-4,7-14,18,25,31H,2,5-6,15-17,19H2,1H3,(H3,29,30)/t25-/m0/s1. The summed E-state index contributed by atoms with van der Waals surface area (Å²) in [5, 5.41) is 9.27. The first-order valence-electron chi connectivity index (χ1n) is 12.6. The summed E-state index contributed by atoms with van der Waals surface area (Å²) in [5.41, 5.74) is 6.93. The van der Waals surface area contributed by atoms with Gasteiger partial charge < -0.3 is 15.5 Å². The molecule has 3 aromatic carbocycles. The van der Waals surface area contributed by atoms with Crippen molar-refractivity contribution < 1.29 is 18.0 Å². The smallest absolute Gasteiger partial charge is 0.245 e. The van der Waals surface area contributed by atoms with Gasteiger partial charge in [0.2, 0.25) is 21.8 Å². The summed E-state index contributed by atoms with van der Waals surface area (Å²) in [6.45, 7) is 0.795. The minimum atomic E-state index is -3.94. The van der Waals surface area contributed by atoms with Crippen molar-refractivity contribution in [1.29, 1.82) is 5.41 Å². The first kappa shape index (κ1) is 27.3. The van der Waals surface area contributed by atoms with Gasteiger partial charge in [-0.15, -0.1) is 0 Å². The predicted octanol–water partition coefficient (Wildman–Crippen LogP) is 2.48. The SMILES string of the molecule is CN(C(=O)CNS(=O)(=O)c1ccc2ccccc2c1)[C@@H](Cc1ccc(C(=N)N)cc1)C(=O)N1CCCCC1. The summed E-state index contributed by atoms with van der Waals surface area (Å²) in [5.74, 6) is -0.720. The van der Waals surface area contributed by atoms with E-state index in [2.05, 4.69) is 4.72 Å². The van der Waals surface area contributed by atoms with Crippen LogP contribution in [0, 0.1) is 5.41 Å². The fourth-order valence-corrected chi connectivity index (χ4v) is 5.64. The molecule has 0 unspecified atom stereocenters. The van der Waals surface area contributed by atoms with Crippen molar-refractivity contribution in [2.45, 2.75) is 36.6 Å². The first-order chi connectivity index (χ1) is 18.2. The Bertz CT molecular complexity index is 1430. The predicted molar refractivity (Wildman–Crippen MR) is 147 cm³/mol. The van der Waals surface area contributed by atoms with Gasteiger partial charge in [0.25, 0.3) is 0 Å². The van der Waals surface area contributed by atoms with Crippen LogP contribution in [-0.2, 0) is 26.0 Å². The molecule has 4 N–H and O–H groups in total. The van der Waals surface area contributed by atoms with Crippen LogP contribution in [0.25, 0.3) is 10.8 Å². The second kappa shape index (κ2) is 11.7. The lowest BCUT2D eigenvalue weighted by molar-refractivity contribution is -0.144. The Morgan fingerprint density at radius 1 is 1.00 bits per heavy atom. The maximum Gasteiger partial charge on any atom is 0.245 e. The van der Waals surface area contributed by atoms with Gasteiger partial charge in [0.05, 0.1) is 11.4 Å². The maximum absolute atomic E-state index is 13.5. The number of nitrogens with one attached hydrogen (secondary N) is 2. The van der Waals surface area contributed by atoms with Crippen molar-refractivity contribution in [3.63, 3.8) is 0 Å². The van der Waals surface area contributed by atoms with E-state index in [-0.39, 0.29) is 23.1 Å². The molecule has 1 atom stereocenters. The number of amidine groups is 1. The molecule has 1 aliphatic heterocycles. The number of carbonyl (C=O) groups excluding carboxylic acids is 2. The van der Waals surface area contributed by atoms with Crippen LogP contribution in [-0.4, -0.2) is 68.6 Å². The molecule has 9 nitrogen and oxygen atoms in total. The number of nitrogens with two attached hydrogens (primary N) is 1. The number of nitrogen functional groups attached to an aromatic ring is 1. The Morgan fingerprint density at radius 3 is 2.32 bits per heavy atom. The first-order valence-corrected chi connectivity index (χ1v) is 14.1. The highest BCUT2D eigenvalue weighted by atomic mass is 32.2. The molecule has 1 saturated heterocycles. The molecule has 0 radical (unpaired) electrons. The number of sulfonamides is 1. The molecule has 200 valence electrons. The lowest BCUT2D eigenvalue weighted by Gasteiger charge is -2.34. The quantitative estimate of drug-likeness (QED) is 0.286. The van der Waals surface area contributed by atoms with E-state index in [1.165, 1.54) is 18.0 Å². The van der Waals surface area contributed by atoms with Gasteiger partial charge in [0, 0.05) is 32.1 Å². The zero-order valence-electron chi connectivity index (χ0n) is 21.4. The number of benzene rings is 3. The summed E-state index contributed by atoms with van der Waals surface area (Å²) in [4.78, 5) is 29.9. The number of hydrogen-bond donors (Lipinski definition) is 3. The third-order valence-corrected chi connectivity index (χ3v) is 8.35. The Hall–Kier alpha value is -3.76. The molecule has 38 heavy (non-hydrogen) atoms. The van der Waals surface area contributed by atoms with Gasteiger partial charge >= 0.3 is 0 Å². The second-order valence-electron chi connectivity index (χ2n) is 9.55. The average Bonchev–Trinajstić information content (AvgIpc) is 2.94. The number of amides is 2. The molecule has 0 bridgehead atoms. The summed E-state index contributed by atoms with van der Waals surface area (Å²) in [6, 6.07) is 18.4. The Morgan fingerprint density at radius 2 is 1.66 bits per heavy atom. The Labute approximate surface area is 223 Å². The number of carbonyl (C=O) groups is 2. The molecule has 3 aromatic rings. The van der Waals surface area contributed by atoms with Crippen molar-refractivity contribution in [2.75, 3.05) is 26.7 Å². The highest BCUT2D eigenvalue weighted by Gasteiger charge is 2.32. The molecular weight excluding hydrogens is 502 g/mol. The Kier molecular flexibility index (Phi) is 8.43. The van der Waals surface area contributed by atoms with Crippen LogP contribution in [0.5, 0.6) is 0 Å². The molecule has 0 spiro atoms. The van der Waals surface area contributed by atoms with E-state index < -0.39 is 28.5 Å². The molecule has 0 saturated carbocycles. The average molecular weight is 536 g/mol.